The molecule has 24 heavy (non-hydrogen) atoms. The number of thiazole rings is 1. The fourth-order valence-electron chi connectivity index (χ4n) is 3.83. The Morgan fingerprint density at radius 2 is 1.79 bits per heavy atom. The van der Waals surface area contributed by atoms with Crippen LogP contribution in [0.15, 0.2) is 29.6 Å². The monoisotopic (exact) mass is 347 g/mol. The van der Waals surface area contributed by atoms with Crippen LogP contribution in [-0.4, -0.2) is 22.1 Å². The first-order chi connectivity index (χ1) is 11.2. The molecular formula is C19H26FN3S. The highest BCUT2D eigenvalue weighted by molar-refractivity contribution is 7.13. The number of nitrogens with one attached hydrogen (secondary N) is 2. The number of piperidine rings is 1. The van der Waals surface area contributed by atoms with E-state index in [2.05, 4.69) is 48.7 Å². The van der Waals surface area contributed by atoms with Crippen molar-refractivity contribution in [3.8, 4) is 10.6 Å². The van der Waals surface area contributed by atoms with Gasteiger partial charge in [0.15, 0.2) is 0 Å². The van der Waals surface area contributed by atoms with Gasteiger partial charge in [0.25, 0.3) is 0 Å². The van der Waals surface area contributed by atoms with Crippen LogP contribution >= 0.6 is 11.3 Å². The molecule has 0 spiro atoms. The second-order valence-electron chi connectivity index (χ2n) is 8.03. The first-order valence-electron chi connectivity index (χ1n) is 8.46. The standard InChI is InChI=1S/C19H26FN3S/c1-18(2)9-15(10-19(3,4)23-18)21-11-16-12-24-17(22-16)13-5-7-14(20)8-6-13/h5-8,12,15,21,23H,9-11H2,1-4H3. The smallest absolute Gasteiger partial charge is 0.123 e. The minimum atomic E-state index is -0.215. The quantitative estimate of drug-likeness (QED) is 0.863. The molecule has 130 valence electrons. The molecule has 0 aliphatic carbocycles. The minimum absolute atomic E-state index is 0.140. The van der Waals surface area contributed by atoms with E-state index >= 15 is 0 Å². The Kier molecular flexibility index (Phi) is 4.78. The Morgan fingerprint density at radius 3 is 2.42 bits per heavy atom. The van der Waals surface area contributed by atoms with Crippen LogP contribution < -0.4 is 10.6 Å². The molecule has 0 atom stereocenters. The summed E-state index contributed by atoms with van der Waals surface area (Å²) in [4.78, 5) is 4.69. The van der Waals surface area contributed by atoms with E-state index in [1.54, 1.807) is 23.5 Å². The second kappa shape index (κ2) is 6.54. The zero-order valence-corrected chi connectivity index (χ0v) is 15.6. The fourth-order valence-corrected chi connectivity index (χ4v) is 4.65. The summed E-state index contributed by atoms with van der Waals surface area (Å²) in [6.07, 6.45) is 2.21. The molecule has 2 aromatic rings. The largest absolute Gasteiger partial charge is 0.308 e. The molecular weight excluding hydrogens is 321 g/mol. The van der Waals surface area contributed by atoms with Gasteiger partial charge in [-0.05, 0) is 64.8 Å². The predicted octanol–water partition coefficient (Wildman–Crippen LogP) is 4.35. The van der Waals surface area contributed by atoms with E-state index < -0.39 is 0 Å². The third kappa shape index (κ3) is 4.41. The maximum Gasteiger partial charge on any atom is 0.123 e. The summed E-state index contributed by atoms with van der Waals surface area (Å²) in [6.45, 7) is 9.82. The van der Waals surface area contributed by atoms with Gasteiger partial charge in [-0.2, -0.15) is 0 Å². The molecule has 1 aliphatic rings. The molecule has 2 heterocycles. The summed E-state index contributed by atoms with van der Waals surface area (Å²) in [5.41, 5.74) is 2.30. The van der Waals surface area contributed by atoms with Crippen LogP contribution in [0.5, 0.6) is 0 Å². The van der Waals surface area contributed by atoms with Gasteiger partial charge >= 0.3 is 0 Å². The Balaban J connectivity index is 1.62. The van der Waals surface area contributed by atoms with Crippen molar-refractivity contribution in [3.05, 3.63) is 41.2 Å². The predicted molar refractivity (Wildman–Crippen MR) is 98.7 cm³/mol. The molecule has 1 aromatic heterocycles. The molecule has 0 amide bonds. The van der Waals surface area contributed by atoms with Crippen molar-refractivity contribution in [1.29, 1.82) is 0 Å². The van der Waals surface area contributed by atoms with Crippen LogP contribution in [0.3, 0.4) is 0 Å². The number of rotatable bonds is 4. The van der Waals surface area contributed by atoms with Crippen LogP contribution in [0.1, 0.15) is 46.2 Å². The third-order valence-corrected chi connectivity index (χ3v) is 5.35. The molecule has 1 aliphatic heterocycles. The summed E-state index contributed by atoms with van der Waals surface area (Å²) in [5, 5.41) is 10.4. The molecule has 1 fully saturated rings. The Bertz CT molecular complexity index is 675. The number of hydrogen-bond donors (Lipinski definition) is 2. The summed E-state index contributed by atoms with van der Waals surface area (Å²) < 4.78 is 13.0. The van der Waals surface area contributed by atoms with Gasteiger partial charge in [-0.3, -0.25) is 0 Å². The summed E-state index contributed by atoms with van der Waals surface area (Å²) in [7, 11) is 0. The number of nitrogens with zero attached hydrogens (tertiary/aromatic N) is 1. The van der Waals surface area contributed by atoms with Crippen LogP contribution in [0.2, 0.25) is 0 Å². The highest BCUT2D eigenvalue weighted by Crippen LogP contribution is 2.29. The lowest BCUT2D eigenvalue weighted by Crippen LogP contribution is -2.61. The van der Waals surface area contributed by atoms with Crippen LogP contribution in [0.25, 0.3) is 10.6 Å². The van der Waals surface area contributed by atoms with E-state index in [4.69, 9.17) is 0 Å². The van der Waals surface area contributed by atoms with E-state index in [1.807, 2.05) is 0 Å². The van der Waals surface area contributed by atoms with Gasteiger partial charge in [0, 0.05) is 34.6 Å². The van der Waals surface area contributed by atoms with E-state index in [0.717, 1.165) is 35.7 Å². The van der Waals surface area contributed by atoms with E-state index in [0.29, 0.717) is 6.04 Å². The van der Waals surface area contributed by atoms with Gasteiger partial charge in [-0.15, -0.1) is 11.3 Å². The Hall–Kier alpha value is -1.30. The van der Waals surface area contributed by atoms with Crippen LogP contribution in [-0.2, 0) is 6.54 Å². The topological polar surface area (TPSA) is 37.0 Å². The average Bonchev–Trinajstić information content (AvgIpc) is 2.91. The second-order valence-corrected chi connectivity index (χ2v) is 8.89. The van der Waals surface area contributed by atoms with Gasteiger partial charge in [-0.1, -0.05) is 0 Å². The van der Waals surface area contributed by atoms with Crippen molar-refractivity contribution in [2.45, 2.75) is 64.2 Å². The van der Waals surface area contributed by atoms with Gasteiger partial charge in [0.2, 0.25) is 0 Å². The van der Waals surface area contributed by atoms with Gasteiger partial charge < -0.3 is 10.6 Å². The van der Waals surface area contributed by atoms with Crippen LogP contribution in [0, 0.1) is 5.82 Å². The molecule has 0 unspecified atom stereocenters. The summed E-state index contributed by atoms with van der Waals surface area (Å²) in [5.74, 6) is -0.215. The van der Waals surface area contributed by atoms with E-state index in [-0.39, 0.29) is 16.9 Å². The number of aromatic nitrogens is 1. The van der Waals surface area contributed by atoms with Crippen molar-refractivity contribution in [2.24, 2.45) is 0 Å². The van der Waals surface area contributed by atoms with Gasteiger partial charge in [-0.25, -0.2) is 9.37 Å². The third-order valence-electron chi connectivity index (χ3n) is 4.40. The van der Waals surface area contributed by atoms with Crippen molar-refractivity contribution >= 4 is 11.3 Å². The normalized spacial score (nSPS) is 20.2. The molecule has 3 rings (SSSR count). The molecule has 1 saturated heterocycles. The molecule has 0 radical (unpaired) electrons. The average molecular weight is 348 g/mol. The lowest BCUT2D eigenvalue weighted by molar-refractivity contribution is 0.145. The molecule has 1 aromatic carbocycles. The molecule has 0 saturated carbocycles. The van der Waals surface area contributed by atoms with Crippen molar-refractivity contribution in [1.82, 2.24) is 15.6 Å². The van der Waals surface area contributed by atoms with E-state index in [9.17, 15) is 4.39 Å². The lowest BCUT2D eigenvalue weighted by atomic mass is 9.79. The summed E-state index contributed by atoms with van der Waals surface area (Å²) in [6, 6.07) is 7.00. The SMILES string of the molecule is CC1(C)CC(NCc2csc(-c3ccc(F)cc3)n2)CC(C)(C)N1. The highest BCUT2D eigenvalue weighted by atomic mass is 32.1. The number of halogens is 1. The van der Waals surface area contributed by atoms with Crippen molar-refractivity contribution in [3.63, 3.8) is 0 Å². The maximum absolute atomic E-state index is 13.0. The Labute approximate surface area is 147 Å². The van der Waals surface area contributed by atoms with Crippen LogP contribution in [0.4, 0.5) is 4.39 Å². The maximum atomic E-state index is 13.0. The first kappa shape index (κ1) is 17.5. The number of benzene rings is 1. The Morgan fingerprint density at radius 1 is 1.17 bits per heavy atom. The lowest BCUT2D eigenvalue weighted by Gasteiger charge is -2.46. The zero-order chi connectivity index (χ0) is 17.4. The molecule has 2 N–H and O–H groups in total. The fraction of sp³-hybridized carbons (Fsp3) is 0.526. The van der Waals surface area contributed by atoms with Crippen molar-refractivity contribution < 1.29 is 4.39 Å². The molecule has 0 bridgehead atoms. The van der Waals surface area contributed by atoms with Gasteiger partial charge in [0.05, 0.1) is 5.69 Å². The zero-order valence-electron chi connectivity index (χ0n) is 14.8. The first-order valence-corrected chi connectivity index (χ1v) is 9.34. The molecule has 3 nitrogen and oxygen atoms in total. The minimum Gasteiger partial charge on any atom is -0.308 e. The van der Waals surface area contributed by atoms with Gasteiger partial charge in [0.1, 0.15) is 10.8 Å². The molecule has 5 heteroatoms. The van der Waals surface area contributed by atoms with Crippen molar-refractivity contribution in [2.75, 3.05) is 0 Å². The number of hydrogen-bond acceptors (Lipinski definition) is 4. The van der Waals surface area contributed by atoms with E-state index in [1.165, 1.54) is 12.1 Å². The highest BCUT2D eigenvalue weighted by Gasteiger charge is 2.37. The summed E-state index contributed by atoms with van der Waals surface area (Å²) >= 11 is 1.61.